The van der Waals surface area contributed by atoms with Crippen molar-refractivity contribution in [2.45, 2.75) is 0 Å². The number of nitrogens with zero attached hydrogens (tertiary/aromatic N) is 2. The molecule has 0 bridgehead atoms. The van der Waals surface area contributed by atoms with Crippen LogP contribution in [0.3, 0.4) is 0 Å². The van der Waals surface area contributed by atoms with E-state index in [0.717, 1.165) is 16.6 Å². The summed E-state index contributed by atoms with van der Waals surface area (Å²) in [4.78, 5) is 4.46. The number of fused-ring (bicyclic) bond motifs is 1. The minimum atomic E-state index is -0.291. The molecule has 3 rings (SSSR count). The first kappa shape index (κ1) is 12.2. The highest BCUT2D eigenvalue weighted by Gasteiger charge is 2.11. The maximum atomic E-state index is 13.3. The number of aryl methyl sites for hydroxylation is 1. The molecule has 1 N–H and O–H groups in total. The number of halogens is 2. The molecule has 1 heterocycles. The number of aromatic hydroxyl groups is 1. The SMILES string of the molecule is Cn1c(-c2ccc(Br)c(O)c2)nc2ccc(F)cc21. The first-order chi connectivity index (χ1) is 9.06. The first-order valence-corrected chi connectivity index (χ1v) is 6.46. The summed E-state index contributed by atoms with van der Waals surface area (Å²) in [5, 5.41) is 9.73. The number of imidazole rings is 1. The van der Waals surface area contributed by atoms with E-state index in [1.54, 1.807) is 22.8 Å². The number of hydrogen-bond donors (Lipinski definition) is 1. The maximum absolute atomic E-state index is 13.3. The standard InChI is InChI=1S/C14H10BrFN2O/c1-18-12-7-9(16)3-5-11(12)17-14(18)8-2-4-10(15)13(19)6-8/h2-7,19H,1H3. The molecule has 0 saturated carbocycles. The zero-order chi connectivity index (χ0) is 13.6. The van der Waals surface area contributed by atoms with Gasteiger partial charge in [-0.3, -0.25) is 0 Å². The number of benzene rings is 2. The van der Waals surface area contributed by atoms with Crippen LogP contribution < -0.4 is 0 Å². The Kier molecular flexibility index (Phi) is 2.78. The van der Waals surface area contributed by atoms with Gasteiger partial charge >= 0.3 is 0 Å². The fourth-order valence-corrected chi connectivity index (χ4v) is 2.32. The van der Waals surface area contributed by atoms with Crippen molar-refractivity contribution in [2.75, 3.05) is 0 Å². The fourth-order valence-electron chi connectivity index (χ4n) is 2.07. The Bertz CT molecular complexity index is 782. The average Bonchev–Trinajstić information content (AvgIpc) is 2.70. The molecular formula is C14H10BrFN2O. The molecule has 0 atom stereocenters. The summed E-state index contributed by atoms with van der Waals surface area (Å²) in [7, 11) is 1.82. The molecule has 0 saturated heterocycles. The van der Waals surface area contributed by atoms with Gasteiger partial charge in [0.2, 0.25) is 0 Å². The number of hydrogen-bond acceptors (Lipinski definition) is 2. The zero-order valence-electron chi connectivity index (χ0n) is 10.1. The van der Waals surface area contributed by atoms with Crippen LogP contribution in [0.1, 0.15) is 0 Å². The molecule has 0 amide bonds. The number of phenolic OH excluding ortho intramolecular Hbond substituents is 1. The molecule has 0 radical (unpaired) electrons. The third kappa shape index (κ3) is 2.00. The monoisotopic (exact) mass is 320 g/mol. The fraction of sp³-hybridized carbons (Fsp3) is 0.0714. The maximum Gasteiger partial charge on any atom is 0.140 e. The van der Waals surface area contributed by atoms with Crippen molar-refractivity contribution in [3.8, 4) is 17.1 Å². The van der Waals surface area contributed by atoms with Gasteiger partial charge in [-0.1, -0.05) is 0 Å². The van der Waals surface area contributed by atoms with Crippen LogP contribution in [0, 0.1) is 5.82 Å². The lowest BCUT2D eigenvalue weighted by molar-refractivity contribution is 0.472. The summed E-state index contributed by atoms with van der Waals surface area (Å²) in [6.07, 6.45) is 0. The summed E-state index contributed by atoms with van der Waals surface area (Å²) >= 11 is 3.24. The molecule has 0 unspecified atom stereocenters. The third-order valence-electron chi connectivity index (χ3n) is 3.05. The van der Waals surface area contributed by atoms with Crippen molar-refractivity contribution in [2.24, 2.45) is 7.05 Å². The van der Waals surface area contributed by atoms with E-state index in [9.17, 15) is 9.50 Å². The minimum absolute atomic E-state index is 0.149. The molecule has 0 aliphatic heterocycles. The van der Waals surface area contributed by atoms with Gasteiger partial charge in [-0.25, -0.2) is 9.37 Å². The van der Waals surface area contributed by atoms with E-state index in [1.807, 2.05) is 13.1 Å². The molecule has 0 fully saturated rings. The van der Waals surface area contributed by atoms with E-state index in [-0.39, 0.29) is 11.6 Å². The quantitative estimate of drug-likeness (QED) is 0.739. The van der Waals surface area contributed by atoms with Gasteiger partial charge < -0.3 is 9.67 Å². The van der Waals surface area contributed by atoms with Crippen LogP contribution in [0.15, 0.2) is 40.9 Å². The Balaban J connectivity index is 2.24. The van der Waals surface area contributed by atoms with Crippen LogP contribution in [0.4, 0.5) is 4.39 Å². The lowest BCUT2D eigenvalue weighted by Crippen LogP contribution is -1.92. The Morgan fingerprint density at radius 3 is 2.74 bits per heavy atom. The van der Waals surface area contributed by atoms with Gasteiger partial charge in [0.1, 0.15) is 17.4 Å². The van der Waals surface area contributed by atoms with Gasteiger partial charge in [0, 0.05) is 12.6 Å². The van der Waals surface area contributed by atoms with E-state index in [0.29, 0.717) is 10.3 Å². The molecular weight excluding hydrogens is 311 g/mol. The minimum Gasteiger partial charge on any atom is -0.507 e. The summed E-state index contributed by atoms with van der Waals surface area (Å²) in [6, 6.07) is 9.71. The predicted molar refractivity (Wildman–Crippen MR) is 75.5 cm³/mol. The molecule has 0 aliphatic carbocycles. The normalized spacial score (nSPS) is 11.1. The molecule has 1 aromatic heterocycles. The van der Waals surface area contributed by atoms with Gasteiger partial charge in [0.25, 0.3) is 0 Å². The molecule has 3 aromatic rings. The average molecular weight is 321 g/mol. The second-order valence-corrected chi connectivity index (χ2v) is 5.15. The number of rotatable bonds is 1. The highest BCUT2D eigenvalue weighted by atomic mass is 79.9. The van der Waals surface area contributed by atoms with Crippen molar-refractivity contribution in [3.63, 3.8) is 0 Å². The van der Waals surface area contributed by atoms with Gasteiger partial charge in [0.05, 0.1) is 15.5 Å². The first-order valence-electron chi connectivity index (χ1n) is 5.67. The van der Waals surface area contributed by atoms with E-state index >= 15 is 0 Å². The van der Waals surface area contributed by atoms with E-state index in [4.69, 9.17) is 0 Å². The molecule has 5 heteroatoms. The predicted octanol–water partition coefficient (Wildman–Crippen LogP) is 3.85. The zero-order valence-corrected chi connectivity index (χ0v) is 11.6. The summed E-state index contributed by atoms with van der Waals surface area (Å²) < 4.78 is 15.7. The molecule has 2 aromatic carbocycles. The van der Waals surface area contributed by atoms with Crippen molar-refractivity contribution in [1.29, 1.82) is 0 Å². The highest BCUT2D eigenvalue weighted by Crippen LogP contribution is 2.30. The topological polar surface area (TPSA) is 38.0 Å². The smallest absolute Gasteiger partial charge is 0.140 e. The second kappa shape index (κ2) is 4.35. The van der Waals surface area contributed by atoms with E-state index in [2.05, 4.69) is 20.9 Å². The van der Waals surface area contributed by atoms with Crippen molar-refractivity contribution >= 4 is 27.0 Å². The van der Waals surface area contributed by atoms with Gasteiger partial charge in [-0.2, -0.15) is 0 Å². The van der Waals surface area contributed by atoms with Crippen molar-refractivity contribution in [1.82, 2.24) is 9.55 Å². The van der Waals surface area contributed by atoms with Gasteiger partial charge in [-0.05, 0) is 52.3 Å². The summed E-state index contributed by atoms with van der Waals surface area (Å²) in [5.74, 6) is 0.542. The van der Waals surface area contributed by atoms with Crippen LogP contribution in [0.25, 0.3) is 22.4 Å². The van der Waals surface area contributed by atoms with E-state index < -0.39 is 0 Å². The molecule has 0 spiro atoms. The van der Waals surface area contributed by atoms with Crippen LogP contribution in [-0.2, 0) is 7.05 Å². The Hall–Kier alpha value is -1.88. The number of phenols is 1. The number of aromatic nitrogens is 2. The van der Waals surface area contributed by atoms with E-state index in [1.165, 1.54) is 12.1 Å². The van der Waals surface area contributed by atoms with Crippen LogP contribution in [0.2, 0.25) is 0 Å². The van der Waals surface area contributed by atoms with Crippen molar-refractivity contribution in [3.05, 3.63) is 46.7 Å². The van der Waals surface area contributed by atoms with Gasteiger partial charge in [-0.15, -0.1) is 0 Å². The molecule has 0 aliphatic rings. The molecule has 3 nitrogen and oxygen atoms in total. The summed E-state index contributed by atoms with van der Waals surface area (Å²) in [6.45, 7) is 0. The molecule has 19 heavy (non-hydrogen) atoms. The largest absolute Gasteiger partial charge is 0.507 e. The van der Waals surface area contributed by atoms with Crippen molar-refractivity contribution < 1.29 is 9.50 Å². The summed E-state index contributed by atoms with van der Waals surface area (Å²) in [5.41, 5.74) is 2.22. The third-order valence-corrected chi connectivity index (χ3v) is 3.72. The second-order valence-electron chi connectivity index (χ2n) is 4.29. The lowest BCUT2D eigenvalue weighted by atomic mass is 10.2. The molecule has 96 valence electrons. The Labute approximate surface area is 117 Å². The Morgan fingerprint density at radius 1 is 1.21 bits per heavy atom. The van der Waals surface area contributed by atoms with Crippen LogP contribution >= 0.6 is 15.9 Å². The highest BCUT2D eigenvalue weighted by molar-refractivity contribution is 9.10. The Morgan fingerprint density at radius 2 is 2.00 bits per heavy atom. The lowest BCUT2D eigenvalue weighted by Gasteiger charge is -2.04. The van der Waals surface area contributed by atoms with Gasteiger partial charge in [0.15, 0.2) is 0 Å². The van der Waals surface area contributed by atoms with Crippen LogP contribution in [-0.4, -0.2) is 14.7 Å². The van der Waals surface area contributed by atoms with Crippen LogP contribution in [0.5, 0.6) is 5.75 Å².